The van der Waals surface area contributed by atoms with Gasteiger partial charge in [0.2, 0.25) is 17.0 Å². The summed E-state index contributed by atoms with van der Waals surface area (Å²) < 4.78 is 0. The Bertz CT molecular complexity index is 509. The summed E-state index contributed by atoms with van der Waals surface area (Å²) in [7, 11) is 3.24. The van der Waals surface area contributed by atoms with E-state index in [0.29, 0.717) is 13.0 Å². The molecule has 9 heteroatoms. The standard InChI is InChI=1S/C11H16ClN5O3/c1-4-5-16(7-9(18)15(2)3)10-8(17(19)20)6-13-11(12)14-10/h6H,4-5,7H2,1-3H3. The van der Waals surface area contributed by atoms with Gasteiger partial charge >= 0.3 is 5.69 Å². The lowest BCUT2D eigenvalue weighted by Gasteiger charge is -2.23. The first-order chi connectivity index (χ1) is 9.36. The van der Waals surface area contributed by atoms with E-state index in [9.17, 15) is 14.9 Å². The zero-order valence-corrected chi connectivity index (χ0v) is 12.3. The van der Waals surface area contributed by atoms with Crippen LogP contribution in [0.5, 0.6) is 0 Å². The molecular formula is C11H16ClN5O3. The summed E-state index contributed by atoms with van der Waals surface area (Å²) in [5, 5.41) is 10.9. The van der Waals surface area contributed by atoms with Gasteiger partial charge < -0.3 is 9.80 Å². The van der Waals surface area contributed by atoms with E-state index in [4.69, 9.17) is 11.6 Å². The minimum absolute atomic E-state index is 0.00494. The van der Waals surface area contributed by atoms with Crippen molar-refractivity contribution < 1.29 is 9.72 Å². The topological polar surface area (TPSA) is 92.5 Å². The zero-order chi connectivity index (χ0) is 15.3. The van der Waals surface area contributed by atoms with Crippen molar-refractivity contribution in [3.05, 3.63) is 21.6 Å². The number of nitrogens with zero attached hydrogens (tertiary/aromatic N) is 5. The van der Waals surface area contributed by atoms with Crippen LogP contribution in [-0.4, -0.2) is 52.9 Å². The average molecular weight is 302 g/mol. The van der Waals surface area contributed by atoms with Crippen LogP contribution in [-0.2, 0) is 4.79 Å². The molecule has 0 aromatic carbocycles. The fraction of sp³-hybridized carbons (Fsp3) is 0.545. The van der Waals surface area contributed by atoms with Crippen molar-refractivity contribution in [2.45, 2.75) is 13.3 Å². The fourth-order valence-electron chi connectivity index (χ4n) is 1.54. The molecule has 20 heavy (non-hydrogen) atoms. The Morgan fingerprint density at radius 1 is 1.50 bits per heavy atom. The van der Waals surface area contributed by atoms with Gasteiger partial charge in [0, 0.05) is 20.6 Å². The van der Waals surface area contributed by atoms with Crippen LogP contribution in [0, 0.1) is 10.1 Å². The van der Waals surface area contributed by atoms with Gasteiger partial charge in [-0.3, -0.25) is 14.9 Å². The zero-order valence-electron chi connectivity index (χ0n) is 11.5. The van der Waals surface area contributed by atoms with Crippen LogP contribution in [0.4, 0.5) is 11.5 Å². The number of carbonyl (C=O) groups is 1. The van der Waals surface area contributed by atoms with Gasteiger partial charge in [-0.15, -0.1) is 0 Å². The molecule has 0 unspecified atom stereocenters. The smallest absolute Gasteiger partial charge is 0.329 e. The molecule has 0 aliphatic heterocycles. The molecule has 1 amide bonds. The van der Waals surface area contributed by atoms with Crippen molar-refractivity contribution >= 4 is 29.0 Å². The highest BCUT2D eigenvalue weighted by Gasteiger charge is 2.24. The Kier molecular flexibility index (Phi) is 5.63. The molecule has 110 valence electrons. The number of anilines is 1. The Morgan fingerprint density at radius 2 is 2.15 bits per heavy atom. The van der Waals surface area contributed by atoms with Crippen molar-refractivity contribution in [1.82, 2.24) is 14.9 Å². The minimum Gasteiger partial charge on any atom is -0.347 e. The lowest BCUT2D eigenvalue weighted by Crippen LogP contribution is -2.38. The fourth-order valence-corrected chi connectivity index (χ4v) is 1.67. The van der Waals surface area contributed by atoms with Gasteiger partial charge in [-0.05, 0) is 18.0 Å². The average Bonchev–Trinajstić information content (AvgIpc) is 2.37. The van der Waals surface area contributed by atoms with E-state index in [-0.39, 0.29) is 29.2 Å². The highest BCUT2D eigenvalue weighted by molar-refractivity contribution is 6.28. The molecule has 1 aromatic heterocycles. The van der Waals surface area contributed by atoms with Crippen LogP contribution in [0.15, 0.2) is 6.20 Å². The second-order valence-corrected chi connectivity index (χ2v) is 4.65. The van der Waals surface area contributed by atoms with Crippen LogP contribution >= 0.6 is 11.6 Å². The van der Waals surface area contributed by atoms with Crippen molar-refractivity contribution in [1.29, 1.82) is 0 Å². The van der Waals surface area contributed by atoms with E-state index in [2.05, 4.69) is 9.97 Å². The summed E-state index contributed by atoms with van der Waals surface area (Å²) in [6, 6.07) is 0. The third-order valence-electron chi connectivity index (χ3n) is 2.54. The summed E-state index contributed by atoms with van der Waals surface area (Å²) in [5.74, 6) is -0.116. The van der Waals surface area contributed by atoms with Gasteiger partial charge in [-0.1, -0.05) is 6.92 Å². The number of rotatable bonds is 6. The van der Waals surface area contributed by atoms with Crippen LogP contribution < -0.4 is 4.90 Å². The Hall–Kier alpha value is -1.96. The maximum atomic E-state index is 11.8. The first kappa shape index (κ1) is 16.1. The molecule has 0 bridgehead atoms. The van der Waals surface area contributed by atoms with Gasteiger partial charge in [0.15, 0.2) is 0 Å². The highest BCUT2D eigenvalue weighted by atomic mass is 35.5. The summed E-state index contributed by atoms with van der Waals surface area (Å²) in [5.41, 5.74) is -0.269. The van der Waals surface area contributed by atoms with E-state index in [1.807, 2.05) is 6.92 Å². The molecule has 0 N–H and O–H groups in total. The molecule has 0 radical (unpaired) electrons. The lowest BCUT2D eigenvalue weighted by molar-refractivity contribution is -0.384. The summed E-state index contributed by atoms with van der Waals surface area (Å²) >= 11 is 5.70. The third kappa shape index (κ3) is 4.02. The molecule has 8 nitrogen and oxygen atoms in total. The van der Waals surface area contributed by atoms with Crippen molar-refractivity contribution in [2.75, 3.05) is 32.1 Å². The first-order valence-electron chi connectivity index (χ1n) is 5.98. The predicted molar refractivity (Wildman–Crippen MR) is 74.9 cm³/mol. The molecule has 0 saturated heterocycles. The van der Waals surface area contributed by atoms with E-state index in [0.717, 1.165) is 6.20 Å². The summed E-state index contributed by atoms with van der Waals surface area (Å²) in [6.07, 6.45) is 1.76. The van der Waals surface area contributed by atoms with Gasteiger partial charge in [0.1, 0.15) is 6.20 Å². The van der Waals surface area contributed by atoms with Crippen LogP contribution in [0.2, 0.25) is 5.28 Å². The quantitative estimate of drug-likeness (QED) is 0.447. The summed E-state index contributed by atoms with van der Waals surface area (Å²) in [4.78, 5) is 32.7. The van der Waals surface area contributed by atoms with Crippen LogP contribution in [0.25, 0.3) is 0 Å². The van der Waals surface area contributed by atoms with E-state index in [1.165, 1.54) is 9.80 Å². The number of halogens is 1. The van der Waals surface area contributed by atoms with Gasteiger partial charge in [-0.25, -0.2) is 4.98 Å². The minimum atomic E-state index is -0.589. The largest absolute Gasteiger partial charge is 0.347 e. The molecule has 1 aromatic rings. The number of aromatic nitrogens is 2. The maximum absolute atomic E-state index is 11.8. The Labute approximate surface area is 121 Å². The molecule has 1 heterocycles. The number of hydrogen-bond donors (Lipinski definition) is 0. The normalized spacial score (nSPS) is 10.2. The number of likely N-dealkylation sites (N-methyl/N-ethyl adjacent to an activating group) is 1. The Balaban J connectivity index is 3.16. The molecule has 0 saturated carbocycles. The SMILES string of the molecule is CCCN(CC(=O)N(C)C)c1nc(Cl)ncc1[N+](=O)[O-]. The molecule has 1 rings (SSSR count). The van der Waals surface area contributed by atoms with E-state index >= 15 is 0 Å². The Morgan fingerprint density at radius 3 is 2.65 bits per heavy atom. The monoisotopic (exact) mass is 301 g/mol. The first-order valence-corrected chi connectivity index (χ1v) is 6.36. The summed E-state index contributed by atoms with van der Waals surface area (Å²) in [6.45, 7) is 2.35. The predicted octanol–water partition coefficient (Wildman–Crippen LogP) is 1.34. The third-order valence-corrected chi connectivity index (χ3v) is 2.72. The molecule has 0 fully saturated rings. The highest BCUT2D eigenvalue weighted by Crippen LogP contribution is 2.26. The van der Waals surface area contributed by atoms with Gasteiger partial charge in [0.05, 0.1) is 11.5 Å². The number of amides is 1. The number of nitro groups is 1. The van der Waals surface area contributed by atoms with Crippen molar-refractivity contribution in [3.8, 4) is 0 Å². The molecule has 0 atom stereocenters. The van der Waals surface area contributed by atoms with E-state index < -0.39 is 4.92 Å². The van der Waals surface area contributed by atoms with Crippen LogP contribution in [0.3, 0.4) is 0 Å². The van der Waals surface area contributed by atoms with Gasteiger partial charge in [0.25, 0.3) is 0 Å². The molecule has 0 aliphatic carbocycles. The molecule has 0 aliphatic rings. The van der Waals surface area contributed by atoms with Gasteiger partial charge in [-0.2, -0.15) is 4.98 Å². The number of hydrogen-bond acceptors (Lipinski definition) is 6. The maximum Gasteiger partial charge on any atom is 0.329 e. The van der Waals surface area contributed by atoms with Crippen molar-refractivity contribution in [2.24, 2.45) is 0 Å². The van der Waals surface area contributed by atoms with Crippen LogP contribution in [0.1, 0.15) is 13.3 Å². The lowest BCUT2D eigenvalue weighted by atomic mass is 10.3. The second-order valence-electron chi connectivity index (χ2n) is 4.31. The number of carbonyl (C=O) groups excluding carboxylic acids is 1. The van der Waals surface area contributed by atoms with E-state index in [1.54, 1.807) is 14.1 Å². The second kappa shape index (κ2) is 6.99. The molecule has 0 spiro atoms. The van der Waals surface area contributed by atoms with Crippen molar-refractivity contribution in [3.63, 3.8) is 0 Å². The molecular weight excluding hydrogens is 286 g/mol.